The molecule has 0 atom stereocenters. The summed E-state index contributed by atoms with van der Waals surface area (Å²) in [6, 6.07) is 11.9. The van der Waals surface area contributed by atoms with Gasteiger partial charge >= 0.3 is 0 Å². The SMILES string of the molecule is CC(C)c1ccc(/C=N/NC(=O)COc2ccc([N+](=O)[O-])cc2Br)cc1. The predicted molar refractivity (Wildman–Crippen MR) is 103 cm³/mol. The van der Waals surface area contributed by atoms with Gasteiger partial charge in [-0.2, -0.15) is 5.10 Å². The predicted octanol–water partition coefficient (Wildman–Crippen LogP) is 4.01. The average molecular weight is 420 g/mol. The van der Waals surface area contributed by atoms with Crippen LogP contribution in [0.5, 0.6) is 5.75 Å². The van der Waals surface area contributed by atoms with E-state index < -0.39 is 10.8 Å². The Labute approximate surface area is 159 Å². The van der Waals surface area contributed by atoms with Crippen molar-refractivity contribution < 1.29 is 14.5 Å². The van der Waals surface area contributed by atoms with Crippen LogP contribution in [0.3, 0.4) is 0 Å². The van der Waals surface area contributed by atoms with Gasteiger partial charge in [-0.1, -0.05) is 38.1 Å². The molecule has 0 aromatic heterocycles. The molecular formula is C18H18BrN3O4. The molecular weight excluding hydrogens is 402 g/mol. The van der Waals surface area contributed by atoms with E-state index in [2.05, 4.69) is 40.3 Å². The first-order valence-corrected chi connectivity index (χ1v) is 8.64. The molecule has 1 N–H and O–H groups in total. The molecule has 0 aliphatic rings. The number of hydrogen-bond donors (Lipinski definition) is 1. The summed E-state index contributed by atoms with van der Waals surface area (Å²) in [5.74, 6) is 0.348. The first kappa shape index (κ1) is 19.6. The highest BCUT2D eigenvalue weighted by atomic mass is 79.9. The topological polar surface area (TPSA) is 93.8 Å². The van der Waals surface area contributed by atoms with Crippen molar-refractivity contribution in [2.45, 2.75) is 19.8 Å². The number of nitro groups is 1. The number of halogens is 1. The van der Waals surface area contributed by atoms with Crippen molar-refractivity contribution in [3.8, 4) is 5.75 Å². The quantitative estimate of drug-likeness (QED) is 0.416. The maximum Gasteiger partial charge on any atom is 0.277 e. The van der Waals surface area contributed by atoms with Crippen molar-refractivity contribution in [3.05, 3.63) is 68.2 Å². The Bertz CT molecular complexity index is 820. The number of rotatable bonds is 7. The van der Waals surface area contributed by atoms with Gasteiger partial charge in [0.25, 0.3) is 11.6 Å². The number of carbonyl (C=O) groups is 1. The number of carbonyl (C=O) groups excluding carboxylic acids is 1. The van der Waals surface area contributed by atoms with Crippen LogP contribution in [0, 0.1) is 10.1 Å². The van der Waals surface area contributed by atoms with Gasteiger partial charge in [-0.15, -0.1) is 0 Å². The lowest BCUT2D eigenvalue weighted by Gasteiger charge is -2.07. The largest absolute Gasteiger partial charge is 0.483 e. The Balaban J connectivity index is 1.84. The first-order chi connectivity index (χ1) is 12.4. The standard InChI is InChI=1S/C18H18BrN3O4/c1-12(2)14-5-3-13(4-6-14)10-20-21-18(23)11-26-17-8-7-15(22(24)25)9-16(17)19/h3-10,12H,11H2,1-2H3,(H,21,23)/b20-10+. The second-order valence-corrected chi connectivity index (χ2v) is 6.63. The molecule has 0 aliphatic heterocycles. The van der Waals surface area contributed by atoms with Crippen molar-refractivity contribution in [1.29, 1.82) is 0 Å². The fourth-order valence-corrected chi connectivity index (χ4v) is 2.52. The van der Waals surface area contributed by atoms with Crippen molar-refractivity contribution >= 4 is 33.7 Å². The third kappa shape index (κ3) is 5.66. The minimum atomic E-state index is -0.510. The van der Waals surface area contributed by atoms with Crippen LogP contribution >= 0.6 is 15.9 Å². The van der Waals surface area contributed by atoms with E-state index in [0.717, 1.165) is 5.56 Å². The van der Waals surface area contributed by atoms with Gasteiger partial charge in [0, 0.05) is 12.1 Å². The minimum Gasteiger partial charge on any atom is -0.483 e. The molecule has 0 saturated heterocycles. The molecule has 7 nitrogen and oxygen atoms in total. The normalized spacial score (nSPS) is 10.9. The Morgan fingerprint density at radius 3 is 2.58 bits per heavy atom. The zero-order chi connectivity index (χ0) is 19.1. The second-order valence-electron chi connectivity index (χ2n) is 5.78. The Hall–Kier alpha value is -2.74. The number of hydrazone groups is 1. The summed E-state index contributed by atoms with van der Waals surface area (Å²) in [4.78, 5) is 21.9. The monoisotopic (exact) mass is 419 g/mol. The van der Waals surface area contributed by atoms with Crippen LogP contribution < -0.4 is 10.2 Å². The van der Waals surface area contributed by atoms with Gasteiger partial charge in [0.05, 0.1) is 15.6 Å². The number of nitro benzene ring substituents is 1. The molecule has 0 radical (unpaired) electrons. The molecule has 136 valence electrons. The average Bonchev–Trinajstić information content (AvgIpc) is 2.61. The molecule has 0 heterocycles. The number of nitrogens with zero attached hydrogens (tertiary/aromatic N) is 2. The van der Waals surface area contributed by atoms with Gasteiger partial charge in [0.2, 0.25) is 0 Å². The zero-order valence-corrected chi connectivity index (χ0v) is 15.9. The van der Waals surface area contributed by atoms with Gasteiger partial charge in [-0.05, 0) is 39.0 Å². The summed E-state index contributed by atoms with van der Waals surface area (Å²) >= 11 is 3.17. The Morgan fingerprint density at radius 1 is 1.31 bits per heavy atom. The molecule has 2 aromatic rings. The van der Waals surface area contributed by atoms with Gasteiger partial charge in [-0.25, -0.2) is 5.43 Å². The number of hydrogen-bond acceptors (Lipinski definition) is 5. The number of non-ortho nitro benzene ring substituents is 1. The molecule has 0 aliphatic carbocycles. The van der Waals surface area contributed by atoms with Gasteiger partial charge in [0.1, 0.15) is 5.75 Å². The third-order valence-electron chi connectivity index (χ3n) is 3.49. The summed E-state index contributed by atoms with van der Waals surface area (Å²) < 4.78 is 5.72. The number of ether oxygens (including phenoxy) is 1. The van der Waals surface area contributed by atoms with Crippen LogP contribution in [0.15, 0.2) is 52.0 Å². The van der Waals surface area contributed by atoms with E-state index in [0.29, 0.717) is 16.1 Å². The van der Waals surface area contributed by atoms with Crippen LogP contribution in [-0.2, 0) is 4.79 Å². The van der Waals surface area contributed by atoms with E-state index in [1.807, 2.05) is 24.3 Å². The van der Waals surface area contributed by atoms with Crippen molar-refractivity contribution in [2.75, 3.05) is 6.61 Å². The molecule has 26 heavy (non-hydrogen) atoms. The highest BCUT2D eigenvalue weighted by Gasteiger charge is 2.11. The molecule has 2 rings (SSSR count). The Kier molecular flexibility index (Phi) is 6.85. The van der Waals surface area contributed by atoms with Crippen LogP contribution in [0.2, 0.25) is 0 Å². The van der Waals surface area contributed by atoms with E-state index in [9.17, 15) is 14.9 Å². The van der Waals surface area contributed by atoms with E-state index >= 15 is 0 Å². The van der Waals surface area contributed by atoms with Gasteiger partial charge in [0.15, 0.2) is 6.61 Å². The van der Waals surface area contributed by atoms with Crippen molar-refractivity contribution in [2.24, 2.45) is 5.10 Å². The van der Waals surface area contributed by atoms with Crippen LogP contribution in [0.1, 0.15) is 30.9 Å². The lowest BCUT2D eigenvalue weighted by atomic mass is 10.0. The number of nitrogens with one attached hydrogen (secondary N) is 1. The lowest BCUT2D eigenvalue weighted by molar-refractivity contribution is -0.384. The molecule has 0 unspecified atom stereocenters. The van der Waals surface area contributed by atoms with Gasteiger partial charge in [-0.3, -0.25) is 14.9 Å². The third-order valence-corrected chi connectivity index (χ3v) is 4.11. The maximum atomic E-state index is 11.8. The lowest BCUT2D eigenvalue weighted by Crippen LogP contribution is -2.24. The Morgan fingerprint density at radius 2 is 2.00 bits per heavy atom. The van der Waals surface area contributed by atoms with E-state index in [-0.39, 0.29) is 12.3 Å². The molecule has 0 saturated carbocycles. The zero-order valence-electron chi connectivity index (χ0n) is 14.3. The molecule has 8 heteroatoms. The summed E-state index contributed by atoms with van der Waals surface area (Å²) in [6.07, 6.45) is 1.55. The first-order valence-electron chi connectivity index (χ1n) is 7.85. The van der Waals surface area contributed by atoms with E-state index in [1.54, 1.807) is 6.21 Å². The molecule has 2 aromatic carbocycles. The van der Waals surface area contributed by atoms with Gasteiger partial charge < -0.3 is 4.74 Å². The number of benzene rings is 2. The number of amides is 1. The second kappa shape index (κ2) is 9.10. The summed E-state index contributed by atoms with van der Waals surface area (Å²) in [7, 11) is 0. The fraction of sp³-hybridized carbons (Fsp3) is 0.222. The van der Waals surface area contributed by atoms with E-state index in [4.69, 9.17) is 4.74 Å². The molecule has 1 amide bonds. The highest BCUT2D eigenvalue weighted by molar-refractivity contribution is 9.10. The fourth-order valence-electron chi connectivity index (χ4n) is 2.04. The smallest absolute Gasteiger partial charge is 0.277 e. The van der Waals surface area contributed by atoms with Crippen molar-refractivity contribution in [1.82, 2.24) is 5.43 Å². The van der Waals surface area contributed by atoms with Crippen LogP contribution in [0.25, 0.3) is 0 Å². The van der Waals surface area contributed by atoms with Crippen LogP contribution in [-0.4, -0.2) is 23.7 Å². The van der Waals surface area contributed by atoms with Crippen molar-refractivity contribution in [3.63, 3.8) is 0 Å². The minimum absolute atomic E-state index is 0.0678. The van der Waals surface area contributed by atoms with E-state index in [1.165, 1.54) is 23.8 Å². The maximum absolute atomic E-state index is 11.8. The summed E-state index contributed by atoms with van der Waals surface area (Å²) in [5.41, 5.74) is 4.40. The highest BCUT2D eigenvalue weighted by Crippen LogP contribution is 2.28. The molecule has 0 fully saturated rings. The molecule has 0 spiro atoms. The van der Waals surface area contributed by atoms with Crippen LogP contribution in [0.4, 0.5) is 5.69 Å². The molecule has 0 bridgehead atoms. The summed E-state index contributed by atoms with van der Waals surface area (Å²) in [6.45, 7) is 3.97. The summed E-state index contributed by atoms with van der Waals surface area (Å²) in [5, 5.41) is 14.6.